The smallest absolute Gasteiger partial charge is 0.254 e. The molecule has 2 aromatic carbocycles. The highest BCUT2D eigenvalue weighted by Crippen LogP contribution is 2.29. The average Bonchev–Trinajstić information content (AvgIpc) is 2.73. The number of ether oxygens (including phenoxy) is 3. The third-order valence-electron chi connectivity index (χ3n) is 4.46. The third-order valence-corrected chi connectivity index (χ3v) is 4.46. The molecule has 0 fully saturated rings. The van der Waals surface area contributed by atoms with E-state index in [-0.39, 0.29) is 18.4 Å². The Kier molecular flexibility index (Phi) is 8.53. The van der Waals surface area contributed by atoms with E-state index < -0.39 is 0 Å². The van der Waals surface area contributed by atoms with Crippen molar-refractivity contribution in [3.63, 3.8) is 0 Å². The van der Waals surface area contributed by atoms with Gasteiger partial charge in [0.05, 0.1) is 27.4 Å². The zero-order valence-electron chi connectivity index (χ0n) is 18.2. The first-order valence-corrected chi connectivity index (χ1v) is 9.84. The molecule has 0 saturated carbocycles. The quantitative estimate of drug-likeness (QED) is 0.639. The van der Waals surface area contributed by atoms with Crippen molar-refractivity contribution in [3.05, 3.63) is 48.0 Å². The number of carbonyl (C=O) groups is 2. The summed E-state index contributed by atoms with van der Waals surface area (Å²) in [6.45, 7) is 4.75. The van der Waals surface area contributed by atoms with Crippen molar-refractivity contribution in [3.8, 4) is 17.2 Å². The van der Waals surface area contributed by atoms with Gasteiger partial charge in [0.2, 0.25) is 5.91 Å². The minimum absolute atomic E-state index is 0.0835. The van der Waals surface area contributed by atoms with Gasteiger partial charge in [-0.3, -0.25) is 9.59 Å². The van der Waals surface area contributed by atoms with Crippen LogP contribution in [-0.4, -0.2) is 51.1 Å². The van der Waals surface area contributed by atoms with Crippen LogP contribution >= 0.6 is 0 Å². The molecule has 0 aliphatic rings. The fourth-order valence-corrected chi connectivity index (χ4v) is 2.71. The van der Waals surface area contributed by atoms with E-state index in [9.17, 15) is 9.59 Å². The predicted molar refractivity (Wildman–Crippen MR) is 117 cm³/mol. The minimum atomic E-state index is -0.295. The highest BCUT2D eigenvalue weighted by molar-refractivity contribution is 5.99. The highest BCUT2D eigenvalue weighted by atomic mass is 16.5. The number of hydrogen-bond donors (Lipinski definition) is 1. The van der Waals surface area contributed by atoms with Crippen molar-refractivity contribution in [1.29, 1.82) is 0 Å². The Labute approximate surface area is 177 Å². The topological polar surface area (TPSA) is 77.1 Å². The fourth-order valence-electron chi connectivity index (χ4n) is 2.71. The van der Waals surface area contributed by atoms with Crippen LogP contribution in [0.15, 0.2) is 42.5 Å². The molecule has 2 aromatic rings. The maximum Gasteiger partial charge on any atom is 0.254 e. The number of rotatable bonds is 10. The summed E-state index contributed by atoms with van der Waals surface area (Å²) in [5, 5.41) is 2.76. The van der Waals surface area contributed by atoms with Gasteiger partial charge in [-0.05, 0) is 54.8 Å². The lowest BCUT2D eigenvalue weighted by Crippen LogP contribution is -2.34. The molecule has 0 aromatic heterocycles. The van der Waals surface area contributed by atoms with Gasteiger partial charge in [0.25, 0.3) is 5.91 Å². The van der Waals surface area contributed by atoms with Crippen LogP contribution in [0.4, 0.5) is 5.69 Å². The van der Waals surface area contributed by atoms with Gasteiger partial charge in [-0.1, -0.05) is 13.8 Å². The van der Waals surface area contributed by atoms with Gasteiger partial charge < -0.3 is 24.4 Å². The normalized spacial score (nSPS) is 10.5. The predicted octanol–water partition coefficient (Wildman–Crippen LogP) is 3.84. The molecule has 0 atom stereocenters. The second-order valence-electron chi connectivity index (χ2n) is 7.33. The van der Waals surface area contributed by atoms with Crippen molar-refractivity contribution < 1.29 is 23.8 Å². The molecule has 2 amide bonds. The molecule has 0 heterocycles. The SMILES string of the molecule is COc1ccc(NC(=O)CN(C)C(=O)c2ccc(OCCC(C)C)c(OC)c2)cc1. The summed E-state index contributed by atoms with van der Waals surface area (Å²) >= 11 is 0. The summed E-state index contributed by atoms with van der Waals surface area (Å²) in [7, 11) is 4.69. The number of methoxy groups -OCH3 is 2. The maximum absolute atomic E-state index is 12.7. The Hall–Kier alpha value is -3.22. The second-order valence-corrected chi connectivity index (χ2v) is 7.33. The van der Waals surface area contributed by atoms with E-state index in [0.717, 1.165) is 6.42 Å². The van der Waals surface area contributed by atoms with Crippen LogP contribution < -0.4 is 19.5 Å². The molecular formula is C23H30N2O5. The number of hydrogen-bond acceptors (Lipinski definition) is 5. The summed E-state index contributed by atoms with van der Waals surface area (Å²) in [6.07, 6.45) is 0.926. The van der Waals surface area contributed by atoms with Gasteiger partial charge in [-0.2, -0.15) is 0 Å². The molecule has 2 rings (SSSR count). The summed E-state index contributed by atoms with van der Waals surface area (Å²) in [5.41, 5.74) is 1.05. The Morgan fingerprint density at radius 2 is 1.70 bits per heavy atom. The first-order valence-electron chi connectivity index (χ1n) is 9.84. The van der Waals surface area contributed by atoms with Gasteiger partial charge >= 0.3 is 0 Å². The Morgan fingerprint density at radius 3 is 2.30 bits per heavy atom. The second kappa shape index (κ2) is 11.1. The van der Waals surface area contributed by atoms with Gasteiger partial charge in [0, 0.05) is 18.3 Å². The first kappa shape index (κ1) is 23.1. The molecule has 7 heteroatoms. The summed E-state index contributed by atoms with van der Waals surface area (Å²) < 4.78 is 16.2. The first-order chi connectivity index (χ1) is 14.3. The molecule has 30 heavy (non-hydrogen) atoms. The van der Waals surface area contributed by atoms with Crippen LogP contribution in [0.5, 0.6) is 17.2 Å². The molecule has 162 valence electrons. The zero-order chi connectivity index (χ0) is 22.1. The molecule has 0 aliphatic heterocycles. The Bertz CT molecular complexity index is 849. The van der Waals surface area contributed by atoms with Gasteiger partial charge in [0.1, 0.15) is 5.75 Å². The van der Waals surface area contributed by atoms with Gasteiger partial charge in [0.15, 0.2) is 11.5 Å². The van der Waals surface area contributed by atoms with Crippen molar-refractivity contribution in [1.82, 2.24) is 4.90 Å². The fraction of sp³-hybridized carbons (Fsp3) is 0.391. The Morgan fingerprint density at radius 1 is 1.00 bits per heavy atom. The molecule has 7 nitrogen and oxygen atoms in total. The molecule has 0 spiro atoms. The average molecular weight is 415 g/mol. The van der Waals surface area contributed by atoms with E-state index in [4.69, 9.17) is 14.2 Å². The van der Waals surface area contributed by atoms with Crippen molar-refractivity contribution in [2.24, 2.45) is 5.92 Å². The van der Waals surface area contributed by atoms with Crippen LogP contribution in [0.3, 0.4) is 0 Å². The number of anilines is 1. The number of likely N-dealkylation sites (N-methyl/N-ethyl adjacent to an activating group) is 1. The number of amides is 2. The van der Waals surface area contributed by atoms with Crippen LogP contribution in [0, 0.1) is 5.92 Å². The van der Waals surface area contributed by atoms with E-state index in [1.54, 1.807) is 56.6 Å². The van der Waals surface area contributed by atoms with Gasteiger partial charge in [-0.25, -0.2) is 0 Å². The van der Waals surface area contributed by atoms with Crippen molar-refractivity contribution in [2.75, 3.05) is 39.7 Å². The molecule has 0 saturated heterocycles. The number of benzene rings is 2. The zero-order valence-corrected chi connectivity index (χ0v) is 18.2. The van der Waals surface area contributed by atoms with Crippen molar-refractivity contribution >= 4 is 17.5 Å². The van der Waals surface area contributed by atoms with Crippen LogP contribution in [-0.2, 0) is 4.79 Å². The minimum Gasteiger partial charge on any atom is -0.497 e. The number of nitrogens with zero attached hydrogens (tertiary/aromatic N) is 1. The van der Waals surface area contributed by atoms with E-state index in [2.05, 4.69) is 19.2 Å². The molecule has 0 bridgehead atoms. The summed E-state index contributed by atoms with van der Waals surface area (Å²) in [6, 6.07) is 12.0. The Balaban J connectivity index is 1.97. The maximum atomic E-state index is 12.7. The molecular weight excluding hydrogens is 384 g/mol. The molecule has 0 unspecified atom stereocenters. The highest BCUT2D eigenvalue weighted by Gasteiger charge is 2.17. The largest absolute Gasteiger partial charge is 0.497 e. The third kappa shape index (κ3) is 6.69. The van der Waals surface area contributed by atoms with Crippen LogP contribution in [0.25, 0.3) is 0 Å². The van der Waals surface area contributed by atoms with Crippen LogP contribution in [0.1, 0.15) is 30.6 Å². The van der Waals surface area contributed by atoms with Crippen LogP contribution in [0.2, 0.25) is 0 Å². The molecule has 0 aliphatic carbocycles. The van der Waals surface area contributed by atoms with Crippen molar-refractivity contribution in [2.45, 2.75) is 20.3 Å². The standard InChI is InChI=1S/C23H30N2O5/c1-16(2)12-13-30-20-11-6-17(14-21(20)29-5)23(27)25(3)15-22(26)24-18-7-9-19(28-4)10-8-18/h6-11,14,16H,12-13,15H2,1-5H3,(H,24,26). The summed E-state index contributed by atoms with van der Waals surface area (Å²) in [5.74, 6) is 1.74. The van der Waals surface area contributed by atoms with E-state index in [0.29, 0.717) is 41.0 Å². The monoisotopic (exact) mass is 414 g/mol. The van der Waals surface area contributed by atoms with Gasteiger partial charge in [-0.15, -0.1) is 0 Å². The molecule has 1 N–H and O–H groups in total. The lowest BCUT2D eigenvalue weighted by atomic mass is 10.1. The number of nitrogens with one attached hydrogen (secondary N) is 1. The van der Waals surface area contributed by atoms with E-state index in [1.165, 1.54) is 12.0 Å². The lowest BCUT2D eigenvalue weighted by molar-refractivity contribution is -0.116. The number of carbonyl (C=O) groups excluding carboxylic acids is 2. The van der Waals surface area contributed by atoms with E-state index in [1.807, 2.05) is 0 Å². The summed E-state index contributed by atoms with van der Waals surface area (Å²) in [4.78, 5) is 26.4. The molecule has 0 radical (unpaired) electrons. The van der Waals surface area contributed by atoms with E-state index >= 15 is 0 Å². The lowest BCUT2D eigenvalue weighted by Gasteiger charge is -2.18.